The summed E-state index contributed by atoms with van der Waals surface area (Å²) in [6.45, 7) is 1.61. The van der Waals surface area contributed by atoms with Crippen molar-refractivity contribution in [1.82, 2.24) is 0 Å². The van der Waals surface area contributed by atoms with Gasteiger partial charge in [0.15, 0.2) is 0 Å². The zero-order chi connectivity index (χ0) is 18.1. The number of benzene rings is 2. The number of hydrogen-bond donors (Lipinski definition) is 1. The zero-order valence-electron chi connectivity index (χ0n) is 13.3. The topological polar surface area (TPSA) is 92.6 Å². The van der Waals surface area contributed by atoms with Gasteiger partial charge in [-0.15, -0.1) is 0 Å². The van der Waals surface area contributed by atoms with Crippen molar-refractivity contribution >= 4 is 34.6 Å². The van der Waals surface area contributed by atoms with Crippen LogP contribution in [0.4, 0.5) is 27.1 Å². The summed E-state index contributed by atoms with van der Waals surface area (Å²) in [5.74, 6) is -1.21. The first kappa shape index (κ1) is 16.6. The molecule has 0 aliphatic carbocycles. The van der Waals surface area contributed by atoms with E-state index in [4.69, 9.17) is 0 Å². The third-order valence-corrected chi connectivity index (χ3v) is 3.94. The van der Waals surface area contributed by atoms with Crippen LogP contribution in [0.25, 0.3) is 0 Å². The SMILES string of the molecule is Cc1ccc(Nc2ccc(N3C(=O)CCC3=O)cc2[N+](=O)[O-])cc1F. The lowest BCUT2D eigenvalue weighted by molar-refractivity contribution is -0.383. The Kier molecular flexibility index (Phi) is 4.18. The maximum absolute atomic E-state index is 13.6. The molecule has 0 spiro atoms. The molecule has 1 N–H and O–H groups in total. The van der Waals surface area contributed by atoms with Gasteiger partial charge in [-0.25, -0.2) is 4.39 Å². The molecule has 2 aromatic carbocycles. The maximum Gasteiger partial charge on any atom is 0.294 e. The molecule has 1 heterocycles. The van der Waals surface area contributed by atoms with Crippen LogP contribution >= 0.6 is 0 Å². The Morgan fingerprint density at radius 3 is 2.40 bits per heavy atom. The molecule has 8 heteroatoms. The van der Waals surface area contributed by atoms with Crippen LogP contribution in [0.3, 0.4) is 0 Å². The monoisotopic (exact) mass is 343 g/mol. The number of nitrogens with zero attached hydrogens (tertiary/aromatic N) is 2. The number of halogens is 1. The van der Waals surface area contributed by atoms with Gasteiger partial charge in [-0.1, -0.05) is 6.07 Å². The van der Waals surface area contributed by atoms with E-state index in [2.05, 4.69) is 5.32 Å². The highest BCUT2D eigenvalue weighted by Crippen LogP contribution is 2.34. The van der Waals surface area contributed by atoms with Crippen molar-refractivity contribution in [3.63, 3.8) is 0 Å². The fourth-order valence-corrected chi connectivity index (χ4v) is 2.61. The summed E-state index contributed by atoms with van der Waals surface area (Å²) in [5.41, 5.74) is 0.788. The Hall–Kier alpha value is -3.29. The molecule has 0 atom stereocenters. The summed E-state index contributed by atoms with van der Waals surface area (Å²) in [6.07, 6.45) is 0.185. The minimum Gasteiger partial charge on any atom is -0.350 e. The van der Waals surface area contributed by atoms with E-state index in [-0.39, 0.29) is 41.7 Å². The summed E-state index contributed by atoms with van der Waals surface area (Å²) in [4.78, 5) is 35.3. The normalized spacial score (nSPS) is 14.1. The lowest BCUT2D eigenvalue weighted by Gasteiger charge is -2.15. The lowest BCUT2D eigenvalue weighted by Crippen LogP contribution is -2.28. The fraction of sp³-hybridized carbons (Fsp3) is 0.176. The molecule has 2 aromatic rings. The number of imide groups is 1. The Labute approximate surface area is 142 Å². The Morgan fingerprint density at radius 1 is 1.12 bits per heavy atom. The zero-order valence-corrected chi connectivity index (χ0v) is 13.3. The predicted molar refractivity (Wildman–Crippen MR) is 89.2 cm³/mol. The fourth-order valence-electron chi connectivity index (χ4n) is 2.61. The van der Waals surface area contributed by atoms with Gasteiger partial charge in [0.1, 0.15) is 11.5 Å². The number of aryl methyl sites for hydroxylation is 1. The second kappa shape index (κ2) is 6.31. The van der Waals surface area contributed by atoms with E-state index < -0.39 is 10.7 Å². The van der Waals surface area contributed by atoms with E-state index in [1.54, 1.807) is 19.1 Å². The quantitative estimate of drug-likeness (QED) is 0.521. The van der Waals surface area contributed by atoms with Crippen LogP contribution < -0.4 is 10.2 Å². The number of carbonyl (C=O) groups is 2. The average molecular weight is 343 g/mol. The smallest absolute Gasteiger partial charge is 0.294 e. The van der Waals surface area contributed by atoms with E-state index in [1.165, 1.54) is 18.2 Å². The highest BCUT2D eigenvalue weighted by molar-refractivity contribution is 6.20. The van der Waals surface area contributed by atoms with Crippen LogP contribution in [0.15, 0.2) is 36.4 Å². The second-order valence-electron chi connectivity index (χ2n) is 5.67. The van der Waals surface area contributed by atoms with Crippen LogP contribution in [-0.4, -0.2) is 16.7 Å². The molecular formula is C17H14FN3O4. The number of nitro benzene ring substituents is 1. The summed E-state index contributed by atoms with van der Waals surface area (Å²) >= 11 is 0. The summed E-state index contributed by atoms with van der Waals surface area (Å²) < 4.78 is 13.6. The molecule has 2 amide bonds. The lowest BCUT2D eigenvalue weighted by atomic mass is 10.2. The van der Waals surface area contributed by atoms with Gasteiger partial charge in [-0.3, -0.25) is 24.6 Å². The van der Waals surface area contributed by atoms with Crippen LogP contribution in [0.5, 0.6) is 0 Å². The Morgan fingerprint density at radius 2 is 1.80 bits per heavy atom. The van der Waals surface area contributed by atoms with Crippen molar-refractivity contribution in [2.75, 3.05) is 10.2 Å². The van der Waals surface area contributed by atoms with Crippen molar-refractivity contribution in [3.05, 3.63) is 57.9 Å². The van der Waals surface area contributed by atoms with Gasteiger partial charge in [0.05, 0.1) is 10.6 Å². The molecule has 7 nitrogen and oxygen atoms in total. The molecular weight excluding hydrogens is 329 g/mol. The van der Waals surface area contributed by atoms with Crippen LogP contribution in [0, 0.1) is 22.9 Å². The van der Waals surface area contributed by atoms with Crippen LogP contribution in [0.2, 0.25) is 0 Å². The minimum absolute atomic E-state index is 0.0925. The van der Waals surface area contributed by atoms with Gasteiger partial charge in [0.25, 0.3) is 5.69 Å². The van der Waals surface area contributed by atoms with Crippen molar-refractivity contribution in [2.24, 2.45) is 0 Å². The van der Waals surface area contributed by atoms with Gasteiger partial charge < -0.3 is 5.32 Å². The predicted octanol–water partition coefficient (Wildman–Crippen LogP) is 3.44. The molecule has 3 rings (SSSR count). The number of rotatable bonds is 4. The molecule has 1 fully saturated rings. The number of carbonyl (C=O) groups excluding carboxylic acids is 2. The average Bonchev–Trinajstić information content (AvgIpc) is 2.90. The number of nitro groups is 1. The summed E-state index contributed by atoms with van der Waals surface area (Å²) in [6, 6.07) is 8.39. The van der Waals surface area contributed by atoms with Gasteiger partial charge in [0, 0.05) is 24.6 Å². The van der Waals surface area contributed by atoms with Crippen LogP contribution in [-0.2, 0) is 9.59 Å². The molecule has 0 radical (unpaired) electrons. The highest BCUT2D eigenvalue weighted by atomic mass is 19.1. The van der Waals surface area contributed by atoms with E-state index in [1.807, 2.05) is 0 Å². The molecule has 1 aliphatic heterocycles. The van der Waals surface area contributed by atoms with Crippen molar-refractivity contribution in [3.8, 4) is 0 Å². The van der Waals surface area contributed by atoms with Gasteiger partial charge >= 0.3 is 0 Å². The van der Waals surface area contributed by atoms with Gasteiger partial charge in [0.2, 0.25) is 11.8 Å². The summed E-state index contributed by atoms with van der Waals surface area (Å²) in [5, 5.41) is 14.2. The molecule has 25 heavy (non-hydrogen) atoms. The Balaban J connectivity index is 1.97. The second-order valence-corrected chi connectivity index (χ2v) is 5.67. The van der Waals surface area contributed by atoms with Gasteiger partial charge in [-0.2, -0.15) is 0 Å². The first-order chi connectivity index (χ1) is 11.9. The highest BCUT2D eigenvalue weighted by Gasteiger charge is 2.31. The minimum atomic E-state index is -0.624. The molecule has 0 saturated carbocycles. The molecule has 0 unspecified atom stereocenters. The van der Waals surface area contributed by atoms with Crippen molar-refractivity contribution in [1.29, 1.82) is 0 Å². The summed E-state index contributed by atoms with van der Waals surface area (Å²) in [7, 11) is 0. The van der Waals surface area contributed by atoms with E-state index in [0.29, 0.717) is 11.3 Å². The number of anilines is 3. The number of amides is 2. The van der Waals surface area contributed by atoms with Crippen molar-refractivity contribution in [2.45, 2.75) is 19.8 Å². The molecule has 1 aliphatic rings. The van der Waals surface area contributed by atoms with E-state index in [9.17, 15) is 24.1 Å². The van der Waals surface area contributed by atoms with E-state index >= 15 is 0 Å². The largest absolute Gasteiger partial charge is 0.350 e. The first-order valence-corrected chi connectivity index (χ1v) is 7.54. The van der Waals surface area contributed by atoms with E-state index in [0.717, 1.165) is 11.0 Å². The van der Waals surface area contributed by atoms with Gasteiger partial charge in [-0.05, 0) is 36.8 Å². The molecule has 1 saturated heterocycles. The molecule has 128 valence electrons. The standard InChI is InChI=1S/C17H14FN3O4/c1-10-2-3-11(8-13(10)18)19-14-5-4-12(9-15(14)21(24)25)20-16(22)6-7-17(20)23/h2-5,8-9,19H,6-7H2,1H3. The maximum atomic E-state index is 13.6. The first-order valence-electron chi connectivity index (χ1n) is 7.54. The Bertz CT molecular complexity index is 881. The van der Waals surface area contributed by atoms with Crippen LogP contribution in [0.1, 0.15) is 18.4 Å². The third-order valence-electron chi connectivity index (χ3n) is 3.94. The molecule has 0 aromatic heterocycles. The third kappa shape index (κ3) is 3.18. The number of nitrogens with one attached hydrogen (secondary N) is 1. The van der Waals surface area contributed by atoms with Crippen molar-refractivity contribution < 1.29 is 18.9 Å². The number of hydrogen-bond acceptors (Lipinski definition) is 5. The molecule has 0 bridgehead atoms.